The molecular weight excluding hydrogens is 148 g/mol. The van der Waals surface area contributed by atoms with Gasteiger partial charge in [0, 0.05) is 19.1 Å². The summed E-state index contributed by atoms with van der Waals surface area (Å²) in [5.41, 5.74) is 5.65. The van der Waals surface area contributed by atoms with Crippen molar-refractivity contribution in [1.29, 1.82) is 0 Å². The van der Waals surface area contributed by atoms with E-state index in [2.05, 4.69) is 18.7 Å². The average Bonchev–Trinajstić information content (AvgIpc) is 2.17. The molecule has 1 heterocycles. The number of nitrogens with two attached hydrogens (primary N) is 1. The van der Waals surface area contributed by atoms with E-state index in [4.69, 9.17) is 5.73 Å². The van der Waals surface area contributed by atoms with Crippen LogP contribution in [0.5, 0.6) is 0 Å². The summed E-state index contributed by atoms with van der Waals surface area (Å²) in [6.07, 6.45) is 4.11. The Morgan fingerprint density at radius 2 is 2.33 bits per heavy atom. The summed E-state index contributed by atoms with van der Waals surface area (Å²) in [5, 5.41) is 0. The van der Waals surface area contributed by atoms with E-state index in [0.717, 1.165) is 12.5 Å². The Morgan fingerprint density at radius 1 is 1.58 bits per heavy atom. The molecule has 1 aliphatic heterocycles. The Kier molecular flexibility index (Phi) is 4.02. The second kappa shape index (κ2) is 4.83. The highest BCUT2D eigenvalue weighted by molar-refractivity contribution is 4.76. The second-order valence-corrected chi connectivity index (χ2v) is 4.00. The van der Waals surface area contributed by atoms with Crippen molar-refractivity contribution in [2.24, 2.45) is 11.7 Å². The first-order valence-corrected chi connectivity index (χ1v) is 5.22. The lowest BCUT2D eigenvalue weighted by Crippen LogP contribution is -2.44. The molecule has 12 heavy (non-hydrogen) atoms. The number of piperidine rings is 1. The van der Waals surface area contributed by atoms with Gasteiger partial charge < -0.3 is 5.73 Å². The van der Waals surface area contributed by atoms with Crippen LogP contribution < -0.4 is 5.73 Å². The Balaban J connectivity index is 2.34. The van der Waals surface area contributed by atoms with Crippen LogP contribution in [0.3, 0.4) is 0 Å². The van der Waals surface area contributed by atoms with Crippen molar-refractivity contribution < 1.29 is 0 Å². The van der Waals surface area contributed by atoms with Gasteiger partial charge >= 0.3 is 0 Å². The molecule has 1 rings (SSSR count). The van der Waals surface area contributed by atoms with Gasteiger partial charge in [-0.25, -0.2) is 0 Å². The lowest BCUT2D eigenvalue weighted by atomic mass is 9.95. The monoisotopic (exact) mass is 170 g/mol. The van der Waals surface area contributed by atoms with E-state index in [1.165, 1.54) is 32.4 Å². The van der Waals surface area contributed by atoms with Crippen LogP contribution in [0.2, 0.25) is 0 Å². The molecule has 2 unspecified atom stereocenters. The molecule has 72 valence electrons. The van der Waals surface area contributed by atoms with E-state index in [1.54, 1.807) is 0 Å². The topological polar surface area (TPSA) is 29.3 Å². The van der Waals surface area contributed by atoms with Crippen LogP contribution in [0.25, 0.3) is 0 Å². The Bertz CT molecular complexity index is 123. The summed E-state index contributed by atoms with van der Waals surface area (Å²) in [7, 11) is 0. The number of likely N-dealkylation sites (tertiary alicyclic amines) is 1. The SMILES string of the molecule is CCC1CCCN(C(C)CN)C1. The minimum atomic E-state index is 0.583. The molecule has 0 saturated carbocycles. The number of hydrogen-bond donors (Lipinski definition) is 1. The minimum Gasteiger partial charge on any atom is -0.329 e. The summed E-state index contributed by atoms with van der Waals surface area (Å²) >= 11 is 0. The van der Waals surface area contributed by atoms with Gasteiger partial charge in [-0.05, 0) is 32.2 Å². The zero-order valence-electron chi connectivity index (χ0n) is 8.42. The van der Waals surface area contributed by atoms with Crippen molar-refractivity contribution in [1.82, 2.24) is 4.90 Å². The first kappa shape index (κ1) is 10.0. The van der Waals surface area contributed by atoms with Crippen LogP contribution in [-0.4, -0.2) is 30.6 Å². The molecule has 0 radical (unpaired) electrons. The predicted octanol–water partition coefficient (Wildman–Crippen LogP) is 1.46. The van der Waals surface area contributed by atoms with Crippen molar-refractivity contribution in [3.63, 3.8) is 0 Å². The summed E-state index contributed by atoms with van der Waals surface area (Å²) in [5.74, 6) is 0.924. The zero-order valence-corrected chi connectivity index (χ0v) is 8.42. The molecule has 2 nitrogen and oxygen atoms in total. The van der Waals surface area contributed by atoms with Gasteiger partial charge in [-0.2, -0.15) is 0 Å². The van der Waals surface area contributed by atoms with Gasteiger partial charge in [0.2, 0.25) is 0 Å². The minimum absolute atomic E-state index is 0.583. The van der Waals surface area contributed by atoms with E-state index in [0.29, 0.717) is 6.04 Å². The molecule has 0 spiro atoms. The molecular formula is C10H22N2. The van der Waals surface area contributed by atoms with Gasteiger partial charge in [0.15, 0.2) is 0 Å². The highest BCUT2D eigenvalue weighted by atomic mass is 15.2. The predicted molar refractivity (Wildman–Crippen MR) is 53.1 cm³/mol. The molecule has 0 aromatic heterocycles. The molecule has 2 N–H and O–H groups in total. The standard InChI is InChI=1S/C10H22N2/c1-3-10-5-4-6-12(8-10)9(2)7-11/h9-10H,3-8,11H2,1-2H3. The molecule has 0 aliphatic carbocycles. The van der Waals surface area contributed by atoms with Crippen molar-refractivity contribution >= 4 is 0 Å². The van der Waals surface area contributed by atoms with Gasteiger partial charge in [-0.1, -0.05) is 13.3 Å². The van der Waals surface area contributed by atoms with Crippen molar-refractivity contribution in [2.75, 3.05) is 19.6 Å². The lowest BCUT2D eigenvalue weighted by Gasteiger charge is -2.36. The van der Waals surface area contributed by atoms with Gasteiger partial charge in [0.25, 0.3) is 0 Å². The molecule has 1 saturated heterocycles. The molecule has 0 bridgehead atoms. The highest BCUT2D eigenvalue weighted by Crippen LogP contribution is 2.20. The molecule has 0 aromatic carbocycles. The highest BCUT2D eigenvalue weighted by Gasteiger charge is 2.21. The average molecular weight is 170 g/mol. The van der Waals surface area contributed by atoms with Crippen molar-refractivity contribution in [3.8, 4) is 0 Å². The van der Waals surface area contributed by atoms with Crippen molar-refractivity contribution in [3.05, 3.63) is 0 Å². The zero-order chi connectivity index (χ0) is 8.97. The molecule has 0 aromatic rings. The molecule has 1 aliphatic rings. The second-order valence-electron chi connectivity index (χ2n) is 4.00. The third kappa shape index (κ3) is 2.46. The Morgan fingerprint density at radius 3 is 2.92 bits per heavy atom. The number of nitrogens with zero attached hydrogens (tertiary/aromatic N) is 1. The summed E-state index contributed by atoms with van der Waals surface area (Å²) in [6.45, 7) is 7.86. The third-order valence-electron chi connectivity index (χ3n) is 3.09. The van der Waals surface area contributed by atoms with Crippen LogP contribution in [0.15, 0.2) is 0 Å². The molecule has 0 amide bonds. The largest absolute Gasteiger partial charge is 0.329 e. The van der Waals surface area contributed by atoms with Crippen LogP contribution in [0, 0.1) is 5.92 Å². The van der Waals surface area contributed by atoms with Crippen LogP contribution in [-0.2, 0) is 0 Å². The summed E-state index contributed by atoms with van der Waals surface area (Å²) < 4.78 is 0. The van der Waals surface area contributed by atoms with E-state index in [-0.39, 0.29) is 0 Å². The third-order valence-corrected chi connectivity index (χ3v) is 3.09. The van der Waals surface area contributed by atoms with Crippen LogP contribution in [0.4, 0.5) is 0 Å². The molecule has 2 heteroatoms. The van der Waals surface area contributed by atoms with E-state index in [1.807, 2.05) is 0 Å². The number of hydrogen-bond acceptors (Lipinski definition) is 2. The van der Waals surface area contributed by atoms with Gasteiger partial charge in [0.1, 0.15) is 0 Å². The summed E-state index contributed by atoms with van der Waals surface area (Å²) in [4.78, 5) is 2.54. The maximum Gasteiger partial charge on any atom is 0.0190 e. The quantitative estimate of drug-likeness (QED) is 0.694. The van der Waals surface area contributed by atoms with Crippen LogP contribution in [0.1, 0.15) is 33.1 Å². The number of rotatable bonds is 3. The van der Waals surface area contributed by atoms with Crippen LogP contribution >= 0.6 is 0 Å². The lowest BCUT2D eigenvalue weighted by molar-refractivity contribution is 0.133. The van der Waals surface area contributed by atoms with E-state index < -0.39 is 0 Å². The van der Waals surface area contributed by atoms with E-state index >= 15 is 0 Å². The smallest absolute Gasteiger partial charge is 0.0190 e. The maximum absolute atomic E-state index is 5.65. The van der Waals surface area contributed by atoms with Gasteiger partial charge in [-0.15, -0.1) is 0 Å². The Labute approximate surface area is 76.1 Å². The molecule has 2 atom stereocenters. The molecule has 1 fully saturated rings. The van der Waals surface area contributed by atoms with E-state index in [9.17, 15) is 0 Å². The summed E-state index contributed by atoms with van der Waals surface area (Å²) in [6, 6.07) is 0.583. The fraction of sp³-hybridized carbons (Fsp3) is 1.00. The first-order valence-electron chi connectivity index (χ1n) is 5.22. The Hall–Kier alpha value is -0.0800. The fourth-order valence-electron chi connectivity index (χ4n) is 1.98. The maximum atomic E-state index is 5.65. The normalized spacial score (nSPS) is 28.8. The van der Waals surface area contributed by atoms with Gasteiger partial charge in [-0.3, -0.25) is 4.90 Å². The van der Waals surface area contributed by atoms with Gasteiger partial charge in [0.05, 0.1) is 0 Å². The van der Waals surface area contributed by atoms with Crippen molar-refractivity contribution in [2.45, 2.75) is 39.2 Å². The fourth-order valence-corrected chi connectivity index (χ4v) is 1.98. The first-order chi connectivity index (χ1) is 5.77.